The van der Waals surface area contributed by atoms with Crippen LogP contribution in [0.5, 0.6) is 0 Å². The van der Waals surface area contributed by atoms with E-state index >= 15 is 0 Å². The Morgan fingerprint density at radius 2 is 1.90 bits per heavy atom. The number of thioether (sulfide) groups is 1. The molecule has 0 N–H and O–H groups in total. The van der Waals surface area contributed by atoms with Crippen LogP contribution in [0.15, 0.2) is 48.0 Å². The van der Waals surface area contributed by atoms with Gasteiger partial charge < -0.3 is 4.57 Å². The summed E-state index contributed by atoms with van der Waals surface area (Å²) in [5.74, 6) is 0.890. The van der Waals surface area contributed by atoms with Gasteiger partial charge in [-0.1, -0.05) is 42.1 Å². The lowest BCUT2D eigenvalue weighted by Crippen LogP contribution is -2.00. The normalized spacial score (nSPS) is 11.3. The average molecular weight is 284 g/mol. The highest BCUT2D eigenvalue weighted by atomic mass is 32.2. The van der Waals surface area contributed by atoms with Gasteiger partial charge in [-0.25, -0.2) is 15.0 Å². The van der Waals surface area contributed by atoms with Crippen LogP contribution in [0.1, 0.15) is 25.5 Å². The molecular formula is C15H16N4S. The van der Waals surface area contributed by atoms with Gasteiger partial charge in [0, 0.05) is 11.8 Å². The molecule has 20 heavy (non-hydrogen) atoms. The van der Waals surface area contributed by atoms with Crippen molar-refractivity contribution in [3.8, 4) is 0 Å². The van der Waals surface area contributed by atoms with Crippen molar-refractivity contribution in [2.75, 3.05) is 0 Å². The first-order chi connectivity index (χ1) is 9.75. The summed E-state index contributed by atoms with van der Waals surface area (Å²) in [5.41, 5.74) is 3.08. The Bertz CT molecular complexity index is 706. The number of aromatic nitrogens is 4. The summed E-state index contributed by atoms with van der Waals surface area (Å²) in [6.07, 6.45) is 3.47. The van der Waals surface area contributed by atoms with E-state index in [0.717, 1.165) is 21.9 Å². The van der Waals surface area contributed by atoms with E-state index in [4.69, 9.17) is 0 Å². The zero-order chi connectivity index (χ0) is 13.9. The summed E-state index contributed by atoms with van der Waals surface area (Å²) in [4.78, 5) is 13.2. The van der Waals surface area contributed by atoms with Crippen molar-refractivity contribution in [3.63, 3.8) is 0 Å². The fraction of sp³-hybridized carbons (Fsp3) is 0.267. The summed E-state index contributed by atoms with van der Waals surface area (Å²) in [6, 6.07) is 10.7. The minimum absolute atomic E-state index is 0.349. The summed E-state index contributed by atoms with van der Waals surface area (Å²) in [6.45, 7) is 4.25. The molecule has 0 aliphatic carbocycles. The van der Waals surface area contributed by atoms with E-state index in [1.807, 2.05) is 12.4 Å². The number of imidazole rings is 1. The third kappa shape index (κ3) is 2.54. The van der Waals surface area contributed by atoms with Crippen molar-refractivity contribution in [1.29, 1.82) is 0 Å². The van der Waals surface area contributed by atoms with E-state index in [0.29, 0.717) is 6.04 Å². The molecule has 4 nitrogen and oxygen atoms in total. The van der Waals surface area contributed by atoms with Gasteiger partial charge >= 0.3 is 0 Å². The van der Waals surface area contributed by atoms with Gasteiger partial charge in [0.25, 0.3) is 0 Å². The highest BCUT2D eigenvalue weighted by Gasteiger charge is 2.12. The maximum Gasteiger partial charge on any atom is 0.164 e. The number of rotatable bonds is 4. The van der Waals surface area contributed by atoms with Gasteiger partial charge in [-0.05, 0) is 19.4 Å². The van der Waals surface area contributed by atoms with Gasteiger partial charge in [0.05, 0.1) is 6.33 Å². The van der Waals surface area contributed by atoms with E-state index in [-0.39, 0.29) is 0 Å². The number of fused-ring (bicyclic) bond motifs is 1. The first-order valence-corrected chi connectivity index (χ1v) is 7.58. The molecule has 3 aromatic rings. The molecule has 0 saturated heterocycles. The molecule has 0 bridgehead atoms. The predicted octanol–water partition coefficient (Wildman–Crippen LogP) is 3.70. The third-order valence-electron chi connectivity index (χ3n) is 3.10. The molecule has 0 amide bonds. The van der Waals surface area contributed by atoms with Gasteiger partial charge in [0.1, 0.15) is 16.9 Å². The van der Waals surface area contributed by atoms with Crippen LogP contribution in [-0.4, -0.2) is 19.5 Å². The smallest absolute Gasteiger partial charge is 0.164 e. The molecule has 1 aromatic carbocycles. The molecular weight excluding hydrogens is 268 g/mol. The summed E-state index contributed by atoms with van der Waals surface area (Å²) < 4.78 is 2.07. The molecule has 0 fully saturated rings. The van der Waals surface area contributed by atoms with Gasteiger partial charge in [-0.2, -0.15) is 0 Å². The Labute approximate surface area is 122 Å². The van der Waals surface area contributed by atoms with E-state index in [9.17, 15) is 0 Å². The van der Waals surface area contributed by atoms with E-state index < -0.39 is 0 Å². The van der Waals surface area contributed by atoms with Crippen LogP contribution in [0.3, 0.4) is 0 Å². The van der Waals surface area contributed by atoms with E-state index in [1.54, 1.807) is 18.1 Å². The van der Waals surface area contributed by atoms with Gasteiger partial charge in [0.15, 0.2) is 5.65 Å². The largest absolute Gasteiger partial charge is 0.313 e. The molecule has 5 heteroatoms. The van der Waals surface area contributed by atoms with Crippen molar-refractivity contribution in [1.82, 2.24) is 19.5 Å². The standard InChI is InChI=1S/C15H16N4S/c1-11(2)19-10-18-13-14(19)16-9-17-15(13)20-8-12-6-4-3-5-7-12/h3-7,9-11H,8H2,1-2H3. The van der Waals surface area contributed by atoms with Crippen LogP contribution in [0, 0.1) is 0 Å². The first-order valence-electron chi connectivity index (χ1n) is 6.60. The Balaban J connectivity index is 1.89. The third-order valence-corrected chi connectivity index (χ3v) is 4.15. The second-order valence-electron chi connectivity index (χ2n) is 4.87. The Kier molecular flexibility index (Phi) is 3.69. The fourth-order valence-electron chi connectivity index (χ4n) is 2.04. The maximum absolute atomic E-state index is 4.47. The van der Waals surface area contributed by atoms with Crippen LogP contribution < -0.4 is 0 Å². The van der Waals surface area contributed by atoms with Gasteiger partial charge in [-0.15, -0.1) is 0 Å². The fourth-order valence-corrected chi connectivity index (χ4v) is 2.94. The molecule has 102 valence electrons. The minimum Gasteiger partial charge on any atom is -0.313 e. The minimum atomic E-state index is 0.349. The SMILES string of the molecule is CC(C)n1cnc2c(SCc3ccccc3)ncnc21. The van der Waals surface area contributed by atoms with Crippen molar-refractivity contribution in [3.05, 3.63) is 48.5 Å². The summed E-state index contributed by atoms with van der Waals surface area (Å²) in [5, 5.41) is 0.943. The zero-order valence-corrected chi connectivity index (χ0v) is 12.3. The number of hydrogen-bond donors (Lipinski definition) is 0. The Hall–Kier alpha value is -1.88. The summed E-state index contributed by atoms with van der Waals surface area (Å²) in [7, 11) is 0. The molecule has 0 spiro atoms. The maximum atomic E-state index is 4.47. The molecule has 2 heterocycles. The number of benzene rings is 1. The molecule has 2 aromatic heterocycles. The van der Waals surface area contributed by atoms with E-state index in [2.05, 4.69) is 57.6 Å². The number of hydrogen-bond acceptors (Lipinski definition) is 4. The first kappa shape index (κ1) is 13.1. The van der Waals surface area contributed by atoms with E-state index in [1.165, 1.54) is 5.56 Å². The van der Waals surface area contributed by atoms with Crippen LogP contribution in [0.4, 0.5) is 0 Å². The van der Waals surface area contributed by atoms with Gasteiger partial charge in [0.2, 0.25) is 0 Å². The monoisotopic (exact) mass is 284 g/mol. The van der Waals surface area contributed by atoms with Crippen molar-refractivity contribution in [2.45, 2.75) is 30.7 Å². The molecule has 0 atom stereocenters. The number of nitrogens with zero attached hydrogens (tertiary/aromatic N) is 4. The molecule has 0 aliphatic heterocycles. The molecule has 0 aliphatic rings. The highest BCUT2D eigenvalue weighted by Crippen LogP contribution is 2.27. The van der Waals surface area contributed by atoms with Crippen molar-refractivity contribution < 1.29 is 0 Å². The van der Waals surface area contributed by atoms with Crippen molar-refractivity contribution >= 4 is 22.9 Å². The predicted molar refractivity (Wildman–Crippen MR) is 81.7 cm³/mol. The van der Waals surface area contributed by atoms with Crippen LogP contribution in [0.25, 0.3) is 11.2 Å². The second kappa shape index (κ2) is 5.63. The molecule has 3 rings (SSSR count). The topological polar surface area (TPSA) is 43.6 Å². The van der Waals surface area contributed by atoms with Crippen LogP contribution in [0.2, 0.25) is 0 Å². The van der Waals surface area contributed by atoms with Crippen LogP contribution >= 0.6 is 11.8 Å². The molecule has 0 unspecified atom stereocenters. The lowest BCUT2D eigenvalue weighted by Gasteiger charge is -2.07. The lowest BCUT2D eigenvalue weighted by molar-refractivity contribution is 0.612. The zero-order valence-electron chi connectivity index (χ0n) is 11.5. The molecule has 0 saturated carbocycles. The van der Waals surface area contributed by atoms with Crippen LogP contribution in [-0.2, 0) is 5.75 Å². The van der Waals surface area contributed by atoms with Crippen molar-refractivity contribution in [2.24, 2.45) is 0 Å². The highest BCUT2D eigenvalue weighted by molar-refractivity contribution is 7.98. The Morgan fingerprint density at radius 1 is 1.10 bits per heavy atom. The molecule has 0 radical (unpaired) electrons. The average Bonchev–Trinajstić information content (AvgIpc) is 2.91. The quantitative estimate of drug-likeness (QED) is 0.541. The second-order valence-corrected chi connectivity index (χ2v) is 5.83. The lowest BCUT2D eigenvalue weighted by atomic mass is 10.2. The Morgan fingerprint density at radius 3 is 2.65 bits per heavy atom. The van der Waals surface area contributed by atoms with Gasteiger partial charge in [-0.3, -0.25) is 0 Å². The summed E-state index contributed by atoms with van der Waals surface area (Å²) >= 11 is 1.70.